The number of carbonyl (C=O) groups excluding carboxylic acids is 1. The van der Waals surface area contributed by atoms with Crippen LogP contribution in [0.5, 0.6) is 0 Å². The van der Waals surface area contributed by atoms with Gasteiger partial charge in [-0.05, 0) is 44.4 Å². The highest BCUT2D eigenvalue weighted by molar-refractivity contribution is 7.89. The first-order valence-corrected chi connectivity index (χ1v) is 7.96. The maximum atomic E-state index is 12.6. The fourth-order valence-electron chi connectivity index (χ4n) is 2.51. The number of hydrogen-bond donors (Lipinski definition) is 0. The van der Waals surface area contributed by atoms with E-state index in [2.05, 4.69) is 0 Å². The van der Waals surface area contributed by atoms with E-state index < -0.39 is 16.1 Å². The van der Waals surface area contributed by atoms with Crippen LogP contribution in [0.15, 0.2) is 29.2 Å². The van der Waals surface area contributed by atoms with Gasteiger partial charge in [-0.25, -0.2) is 8.42 Å². The first-order valence-electron chi connectivity index (χ1n) is 6.52. The Morgan fingerprint density at radius 1 is 1.32 bits per heavy atom. The van der Waals surface area contributed by atoms with E-state index in [9.17, 15) is 13.2 Å². The number of ketones is 1. The molecule has 1 saturated heterocycles. The van der Waals surface area contributed by atoms with E-state index in [0.717, 1.165) is 18.4 Å². The summed E-state index contributed by atoms with van der Waals surface area (Å²) >= 11 is 0. The summed E-state index contributed by atoms with van der Waals surface area (Å²) in [6.07, 6.45) is 2.35. The van der Waals surface area contributed by atoms with E-state index in [1.807, 2.05) is 13.0 Å². The Labute approximate surface area is 114 Å². The molecule has 5 heteroatoms. The monoisotopic (exact) mass is 281 g/mol. The van der Waals surface area contributed by atoms with Crippen molar-refractivity contribution >= 4 is 15.8 Å². The Morgan fingerprint density at radius 3 is 2.68 bits per heavy atom. The zero-order valence-corrected chi connectivity index (χ0v) is 12.1. The largest absolute Gasteiger partial charge is 0.298 e. The van der Waals surface area contributed by atoms with E-state index >= 15 is 0 Å². The molecule has 0 saturated carbocycles. The maximum absolute atomic E-state index is 12.6. The zero-order valence-electron chi connectivity index (χ0n) is 11.3. The van der Waals surface area contributed by atoms with Crippen molar-refractivity contribution < 1.29 is 13.2 Å². The minimum absolute atomic E-state index is 0.0732. The summed E-state index contributed by atoms with van der Waals surface area (Å²) in [5.74, 6) is -0.0732. The molecule has 0 spiro atoms. The highest BCUT2D eigenvalue weighted by Crippen LogP contribution is 2.26. The van der Waals surface area contributed by atoms with Gasteiger partial charge in [0.2, 0.25) is 10.0 Å². The predicted octanol–water partition coefficient (Wildman–Crippen LogP) is 2.13. The van der Waals surface area contributed by atoms with Crippen LogP contribution in [-0.2, 0) is 14.8 Å². The first-order chi connectivity index (χ1) is 8.93. The van der Waals surface area contributed by atoms with Crippen molar-refractivity contribution in [1.29, 1.82) is 0 Å². The average molecular weight is 281 g/mol. The van der Waals surface area contributed by atoms with Crippen molar-refractivity contribution in [3.8, 4) is 0 Å². The summed E-state index contributed by atoms with van der Waals surface area (Å²) in [7, 11) is -3.57. The van der Waals surface area contributed by atoms with Crippen LogP contribution in [0.1, 0.15) is 31.7 Å². The van der Waals surface area contributed by atoms with Gasteiger partial charge < -0.3 is 0 Å². The quantitative estimate of drug-likeness (QED) is 0.853. The van der Waals surface area contributed by atoms with Gasteiger partial charge in [-0.2, -0.15) is 4.31 Å². The zero-order chi connectivity index (χ0) is 14.0. The molecule has 0 N–H and O–H groups in total. The molecule has 1 atom stereocenters. The van der Waals surface area contributed by atoms with Gasteiger partial charge in [0.15, 0.2) is 0 Å². The van der Waals surface area contributed by atoms with Gasteiger partial charge in [0, 0.05) is 6.54 Å². The third-order valence-corrected chi connectivity index (χ3v) is 5.42. The predicted molar refractivity (Wildman–Crippen MR) is 73.4 cm³/mol. The average Bonchev–Trinajstić information content (AvgIpc) is 2.38. The minimum Gasteiger partial charge on any atom is -0.298 e. The number of benzene rings is 1. The molecule has 0 radical (unpaired) electrons. The molecule has 1 aliphatic rings. The highest BCUT2D eigenvalue weighted by atomic mass is 32.2. The van der Waals surface area contributed by atoms with E-state index in [0.29, 0.717) is 13.0 Å². The van der Waals surface area contributed by atoms with Crippen molar-refractivity contribution in [2.75, 3.05) is 6.54 Å². The number of nitrogens with zero attached hydrogens (tertiary/aromatic N) is 1. The molecule has 1 aliphatic heterocycles. The molecule has 0 aliphatic carbocycles. The third kappa shape index (κ3) is 2.87. The summed E-state index contributed by atoms with van der Waals surface area (Å²) in [5.41, 5.74) is 0.900. The van der Waals surface area contributed by atoms with Crippen LogP contribution in [-0.4, -0.2) is 31.1 Å². The molecule has 1 aromatic carbocycles. The Kier molecular flexibility index (Phi) is 4.06. The second kappa shape index (κ2) is 5.43. The van der Waals surface area contributed by atoms with Crippen LogP contribution in [0.4, 0.5) is 0 Å². The van der Waals surface area contributed by atoms with E-state index in [1.54, 1.807) is 18.2 Å². The van der Waals surface area contributed by atoms with Crippen molar-refractivity contribution in [3.63, 3.8) is 0 Å². The molecule has 2 rings (SSSR count). The van der Waals surface area contributed by atoms with Crippen LogP contribution < -0.4 is 0 Å². The first kappa shape index (κ1) is 14.2. The van der Waals surface area contributed by atoms with Crippen LogP contribution in [0.25, 0.3) is 0 Å². The number of hydrogen-bond acceptors (Lipinski definition) is 3. The van der Waals surface area contributed by atoms with Crippen LogP contribution >= 0.6 is 0 Å². The fraction of sp³-hybridized carbons (Fsp3) is 0.500. The third-order valence-electron chi connectivity index (χ3n) is 3.52. The standard InChI is InChI=1S/C14H19NO3S/c1-11-6-5-7-13(10-11)19(17,18)15-9-4-3-8-14(15)12(2)16/h5-7,10,14H,3-4,8-9H2,1-2H3. The molecular formula is C14H19NO3S. The normalized spacial score (nSPS) is 21.3. The summed E-state index contributed by atoms with van der Waals surface area (Å²) in [6, 6.07) is 6.33. The van der Waals surface area contributed by atoms with Gasteiger partial charge in [-0.15, -0.1) is 0 Å². The number of aryl methyl sites for hydroxylation is 1. The number of sulfonamides is 1. The van der Waals surface area contributed by atoms with E-state index in [4.69, 9.17) is 0 Å². The molecule has 1 fully saturated rings. The van der Waals surface area contributed by atoms with Gasteiger partial charge in [-0.1, -0.05) is 18.6 Å². The molecule has 1 unspecified atom stereocenters. The second-order valence-corrected chi connectivity index (χ2v) is 6.95. The Balaban J connectivity index is 2.40. The van der Waals surface area contributed by atoms with Crippen LogP contribution in [0, 0.1) is 6.92 Å². The van der Waals surface area contributed by atoms with Gasteiger partial charge >= 0.3 is 0 Å². The molecule has 1 heterocycles. The Bertz CT molecular complexity index is 580. The Morgan fingerprint density at radius 2 is 2.05 bits per heavy atom. The van der Waals surface area contributed by atoms with E-state index in [1.165, 1.54) is 11.2 Å². The number of rotatable bonds is 3. The lowest BCUT2D eigenvalue weighted by atomic mass is 10.0. The Hall–Kier alpha value is -1.20. The molecule has 104 valence electrons. The second-order valence-electron chi connectivity index (χ2n) is 5.05. The number of Topliss-reactive ketones (excluding diaryl/α,β-unsaturated/α-hetero) is 1. The lowest BCUT2D eigenvalue weighted by Gasteiger charge is -2.33. The van der Waals surface area contributed by atoms with Gasteiger partial charge in [0.05, 0.1) is 10.9 Å². The molecule has 0 aromatic heterocycles. The number of piperidine rings is 1. The maximum Gasteiger partial charge on any atom is 0.243 e. The SMILES string of the molecule is CC(=O)C1CCCCN1S(=O)(=O)c1cccc(C)c1. The summed E-state index contributed by atoms with van der Waals surface area (Å²) < 4.78 is 26.6. The lowest BCUT2D eigenvalue weighted by Crippen LogP contribution is -2.47. The minimum atomic E-state index is -3.57. The van der Waals surface area contributed by atoms with Crippen molar-refractivity contribution in [3.05, 3.63) is 29.8 Å². The molecule has 0 bridgehead atoms. The van der Waals surface area contributed by atoms with Crippen molar-refractivity contribution in [2.24, 2.45) is 0 Å². The summed E-state index contributed by atoms with van der Waals surface area (Å²) in [5, 5.41) is 0. The summed E-state index contributed by atoms with van der Waals surface area (Å²) in [4.78, 5) is 11.9. The van der Waals surface area contributed by atoms with Crippen LogP contribution in [0.3, 0.4) is 0 Å². The molecule has 1 aromatic rings. The fourth-order valence-corrected chi connectivity index (χ4v) is 4.32. The summed E-state index contributed by atoms with van der Waals surface area (Å²) in [6.45, 7) is 3.76. The van der Waals surface area contributed by atoms with Gasteiger partial charge in [0.1, 0.15) is 5.78 Å². The van der Waals surface area contributed by atoms with Crippen molar-refractivity contribution in [2.45, 2.75) is 44.0 Å². The molecule has 4 nitrogen and oxygen atoms in total. The highest BCUT2D eigenvalue weighted by Gasteiger charge is 2.35. The lowest BCUT2D eigenvalue weighted by molar-refractivity contribution is -0.121. The topological polar surface area (TPSA) is 54.5 Å². The molecule has 0 amide bonds. The number of carbonyl (C=O) groups is 1. The molecular weight excluding hydrogens is 262 g/mol. The van der Waals surface area contributed by atoms with Gasteiger partial charge in [-0.3, -0.25) is 4.79 Å². The van der Waals surface area contributed by atoms with Crippen molar-refractivity contribution in [1.82, 2.24) is 4.31 Å². The smallest absolute Gasteiger partial charge is 0.243 e. The van der Waals surface area contributed by atoms with E-state index in [-0.39, 0.29) is 10.7 Å². The van der Waals surface area contributed by atoms with Crippen LogP contribution in [0.2, 0.25) is 0 Å². The van der Waals surface area contributed by atoms with Gasteiger partial charge in [0.25, 0.3) is 0 Å². The molecule has 19 heavy (non-hydrogen) atoms.